The molecule has 3 heterocycles. The fourth-order valence-corrected chi connectivity index (χ4v) is 3.61. The van der Waals surface area contributed by atoms with E-state index < -0.39 is 0 Å². The fraction of sp³-hybridized carbons (Fsp3) is 0.455. The Labute approximate surface area is 175 Å². The van der Waals surface area contributed by atoms with Crippen LogP contribution in [0.4, 0.5) is 0 Å². The first-order chi connectivity index (χ1) is 14.5. The first-order valence-corrected chi connectivity index (χ1v) is 10.3. The van der Waals surface area contributed by atoms with E-state index in [1.165, 1.54) is 5.56 Å². The van der Waals surface area contributed by atoms with Gasteiger partial charge >= 0.3 is 0 Å². The third-order valence-corrected chi connectivity index (χ3v) is 5.15. The van der Waals surface area contributed by atoms with Gasteiger partial charge in [-0.2, -0.15) is 4.98 Å². The summed E-state index contributed by atoms with van der Waals surface area (Å²) in [6, 6.07) is 9.93. The Hall–Kier alpha value is -3.00. The lowest BCUT2D eigenvalue weighted by molar-refractivity contribution is 0.0618. The van der Waals surface area contributed by atoms with Crippen LogP contribution in [0.2, 0.25) is 0 Å². The van der Waals surface area contributed by atoms with Gasteiger partial charge < -0.3 is 13.9 Å². The average Bonchev–Trinajstić information content (AvgIpc) is 3.37. The zero-order valence-corrected chi connectivity index (χ0v) is 17.7. The Bertz CT molecular complexity index is 1000. The van der Waals surface area contributed by atoms with Crippen LogP contribution in [0.3, 0.4) is 0 Å². The molecule has 0 radical (unpaired) electrons. The Balaban J connectivity index is 1.35. The van der Waals surface area contributed by atoms with Gasteiger partial charge in [-0.3, -0.25) is 9.69 Å². The van der Waals surface area contributed by atoms with E-state index in [2.05, 4.69) is 46.2 Å². The van der Waals surface area contributed by atoms with Gasteiger partial charge in [-0.05, 0) is 24.5 Å². The van der Waals surface area contributed by atoms with Gasteiger partial charge in [0.2, 0.25) is 11.7 Å². The third-order valence-electron chi connectivity index (χ3n) is 5.15. The molecular weight excluding hydrogens is 382 g/mol. The molecule has 0 N–H and O–H groups in total. The second-order valence-corrected chi connectivity index (χ2v) is 8.20. The molecule has 158 valence electrons. The molecule has 1 saturated heterocycles. The second kappa shape index (κ2) is 8.79. The monoisotopic (exact) mass is 409 g/mol. The quantitative estimate of drug-likeness (QED) is 0.618. The lowest BCUT2D eigenvalue weighted by Gasteiger charge is -2.34. The Morgan fingerprint density at radius 2 is 1.90 bits per heavy atom. The van der Waals surface area contributed by atoms with Gasteiger partial charge in [0.15, 0.2) is 5.69 Å². The van der Waals surface area contributed by atoms with Crippen LogP contribution in [-0.4, -0.2) is 57.2 Å². The van der Waals surface area contributed by atoms with E-state index in [-0.39, 0.29) is 5.91 Å². The molecule has 0 aliphatic carbocycles. The van der Waals surface area contributed by atoms with Gasteiger partial charge in [0.05, 0.1) is 0 Å². The zero-order chi connectivity index (χ0) is 21.1. The molecule has 3 aromatic rings. The molecule has 2 aromatic heterocycles. The van der Waals surface area contributed by atoms with Gasteiger partial charge in [-0.25, -0.2) is 0 Å². The minimum absolute atomic E-state index is 0.0668. The van der Waals surface area contributed by atoms with Crippen molar-refractivity contribution in [1.82, 2.24) is 25.1 Å². The molecule has 4 rings (SSSR count). The van der Waals surface area contributed by atoms with Crippen LogP contribution in [0.25, 0.3) is 11.4 Å². The van der Waals surface area contributed by atoms with Crippen LogP contribution >= 0.6 is 0 Å². The van der Waals surface area contributed by atoms with Crippen LogP contribution in [-0.2, 0) is 13.0 Å². The van der Waals surface area contributed by atoms with E-state index in [1.54, 1.807) is 13.0 Å². The number of carbonyl (C=O) groups is 1. The highest BCUT2D eigenvalue weighted by Crippen LogP contribution is 2.20. The van der Waals surface area contributed by atoms with Gasteiger partial charge in [-0.15, -0.1) is 0 Å². The minimum atomic E-state index is -0.0668. The van der Waals surface area contributed by atoms with Gasteiger partial charge in [0, 0.05) is 50.8 Å². The van der Waals surface area contributed by atoms with Crippen LogP contribution in [0.5, 0.6) is 0 Å². The van der Waals surface area contributed by atoms with Crippen molar-refractivity contribution in [2.45, 2.75) is 33.7 Å². The predicted octanol–water partition coefficient (Wildman–Crippen LogP) is 3.19. The number of piperazine rings is 1. The van der Waals surface area contributed by atoms with Crippen molar-refractivity contribution in [1.29, 1.82) is 0 Å². The number of nitrogens with zero attached hydrogens (tertiary/aromatic N) is 5. The van der Waals surface area contributed by atoms with Crippen molar-refractivity contribution >= 4 is 5.91 Å². The summed E-state index contributed by atoms with van der Waals surface area (Å²) in [6.07, 6.45) is 0.781. The molecule has 1 amide bonds. The van der Waals surface area contributed by atoms with E-state index in [0.29, 0.717) is 42.2 Å². The van der Waals surface area contributed by atoms with E-state index >= 15 is 0 Å². The first kappa shape index (κ1) is 20.3. The minimum Gasteiger partial charge on any atom is -0.361 e. The molecule has 0 atom stereocenters. The molecule has 1 aliphatic heterocycles. The summed E-state index contributed by atoms with van der Waals surface area (Å²) in [5.74, 6) is 2.36. The SMILES string of the molecule is Cc1cc(C(=O)N2CCN(Cc3cccc(-c4noc(CC(C)C)n4)c3)CC2)no1. The van der Waals surface area contributed by atoms with Crippen LogP contribution in [0.1, 0.15) is 41.6 Å². The normalized spacial score (nSPS) is 15.1. The highest BCUT2D eigenvalue weighted by Gasteiger charge is 2.24. The van der Waals surface area contributed by atoms with Crippen LogP contribution in [0.15, 0.2) is 39.4 Å². The van der Waals surface area contributed by atoms with Gasteiger partial charge in [-0.1, -0.05) is 42.4 Å². The molecule has 0 unspecified atom stereocenters. The molecule has 0 saturated carbocycles. The summed E-state index contributed by atoms with van der Waals surface area (Å²) in [4.78, 5) is 21.2. The number of hydrogen-bond donors (Lipinski definition) is 0. The first-order valence-electron chi connectivity index (χ1n) is 10.3. The number of hydrogen-bond acceptors (Lipinski definition) is 7. The highest BCUT2D eigenvalue weighted by molar-refractivity contribution is 5.92. The summed E-state index contributed by atoms with van der Waals surface area (Å²) in [5, 5.41) is 7.96. The summed E-state index contributed by atoms with van der Waals surface area (Å²) in [5.41, 5.74) is 2.53. The number of rotatable bonds is 6. The van der Waals surface area contributed by atoms with Gasteiger partial charge in [0.1, 0.15) is 5.76 Å². The summed E-state index contributed by atoms with van der Waals surface area (Å²) >= 11 is 0. The Morgan fingerprint density at radius 3 is 2.60 bits per heavy atom. The van der Waals surface area contributed by atoms with Gasteiger partial charge in [0.25, 0.3) is 5.91 Å². The van der Waals surface area contributed by atoms with Crippen molar-refractivity contribution in [3.8, 4) is 11.4 Å². The lowest BCUT2D eigenvalue weighted by atomic mass is 10.1. The number of amides is 1. The molecule has 0 spiro atoms. The smallest absolute Gasteiger partial charge is 0.276 e. The van der Waals surface area contributed by atoms with Crippen LogP contribution < -0.4 is 0 Å². The highest BCUT2D eigenvalue weighted by atomic mass is 16.5. The van der Waals surface area contributed by atoms with Crippen molar-refractivity contribution < 1.29 is 13.8 Å². The van der Waals surface area contributed by atoms with Crippen molar-refractivity contribution in [3.63, 3.8) is 0 Å². The van der Waals surface area contributed by atoms with E-state index in [1.807, 2.05) is 17.0 Å². The third kappa shape index (κ3) is 4.76. The number of aromatic nitrogens is 3. The zero-order valence-electron chi connectivity index (χ0n) is 17.7. The summed E-state index contributed by atoms with van der Waals surface area (Å²) in [6.45, 7) is 9.84. The van der Waals surface area contributed by atoms with Crippen LogP contribution in [0, 0.1) is 12.8 Å². The van der Waals surface area contributed by atoms with E-state index in [0.717, 1.165) is 31.6 Å². The molecule has 1 aliphatic rings. The Morgan fingerprint density at radius 1 is 1.10 bits per heavy atom. The fourth-order valence-electron chi connectivity index (χ4n) is 3.61. The average molecular weight is 409 g/mol. The number of carbonyl (C=O) groups excluding carboxylic acids is 1. The largest absolute Gasteiger partial charge is 0.361 e. The maximum absolute atomic E-state index is 12.5. The number of aryl methyl sites for hydroxylation is 1. The summed E-state index contributed by atoms with van der Waals surface area (Å²) < 4.78 is 10.4. The standard InChI is InChI=1S/C22H27N5O3/c1-15(2)11-20-23-21(25-30-20)18-6-4-5-17(13-18)14-26-7-9-27(10-8-26)22(28)19-12-16(3)29-24-19/h4-6,12-13,15H,7-11,14H2,1-3H3. The van der Waals surface area contributed by atoms with Crippen molar-refractivity contribution in [2.24, 2.45) is 5.92 Å². The molecule has 8 heteroatoms. The van der Waals surface area contributed by atoms with Crippen molar-refractivity contribution in [2.75, 3.05) is 26.2 Å². The maximum atomic E-state index is 12.5. The maximum Gasteiger partial charge on any atom is 0.276 e. The summed E-state index contributed by atoms with van der Waals surface area (Å²) in [7, 11) is 0. The van der Waals surface area contributed by atoms with E-state index in [4.69, 9.17) is 9.05 Å². The molecule has 30 heavy (non-hydrogen) atoms. The molecular formula is C22H27N5O3. The second-order valence-electron chi connectivity index (χ2n) is 8.20. The molecule has 0 bridgehead atoms. The molecule has 8 nitrogen and oxygen atoms in total. The van der Waals surface area contributed by atoms with E-state index in [9.17, 15) is 4.79 Å². The lowest BCUT2D eigenvalue weighted by Crippen LogP contribution is -2.48. The molecule has 1 aromatic carbocycles. The topological polar surface area (TPSA) is 88.5 Å². The number of benzene rings is 1. The Kier molecular flexibility index (Phi) is 5.94. The molecule has 1 fully saturated rings. The predicted molar refractivity (Wildman–Crippen MR) is 111 cm³/mol. The van der Waals surface area contributed by atoms with Crippen molar-refractivity contribution in [3.05, 3.63) is 53.2 Å².